The van der Waals surface area contributed by atoms with E-state index >= 15 is 0 Å². The number of ether oxygens (including phenoxy) is 3. The monoisotopic (exact) mass is 1050 g/mol. The fourth-order valence-electron chi connectivity index (χ4n) is 9.61. The average molecular weight is 1050 g/mol. The van der Waals surface area contributed by atoms with Gasteiger partial charge in [-0.15, -0.1) is 0 Å². The van der Waals surface area contributed by atoms with E-state index < -0.39 is 6.10 Å². The van der Waals surface area contributed by atoms with Gasteiger partial charge in [0.1, 0.15) is 13.2 Å². The van der Waals surface area contributed by atoms with Crippen LogP contribution >= 0.6 is 0 Å². The van der Waals surface area contributed by atoms with Gasteiger partial charge >= 0.3 is 17.9 Å². The van der Waals surface area contributed by atoms with E-state index in [1.807, 2.05) is 0 Å². The zero-order valence-electron chi connectivity index (χ0n) is 50.1. The van der Waals surface area contributed by atoms with Gasteiger partial charge in [-0.2, -0.15) is 0 Å². The third-order valence-corrected chi connectivity index (χ3v) is 14.5. The molecule has 0 radical (unpaired) electrons. The lowest BCUT2D eigenvalue weighted by Crippen LogP contribution is -2.30. The Balaban J connectivity index is 4.30. The van der Waals surface area contributed by atoms with Crippen LogP contribution in [0.3, 0.4) is 0 Å². The molecule has 0 saturated carbocycles. The summed E-state index contributed by atoms with van der Waals surface area (Å²) in [5.41, 5.74) is 0. The lowest BCUT2D eigenvalue weighted by Gasteiger charge is -2.18. The molecule has 0 fully saturated rings. The molecule has 0 spiro atoms. The number of unbranched alkanes of at least 4 members (excludes halogenated alkanes) is 39. The Morgan fingerprint density at radius 1 is 0.280 bits per heavy atom. The smallest absolute Gasteiger partial charge is 0.306 e. The second-order valence-corrected chi connectivity index (χ2v) is 22.0. The molecule has 0 bridgehead atoms. The number of hydrogen-bond acceptors (Lipinski definition) is 6. The molecule has 0 aliphatic carbocycles. The molecule has 6 nitrogen and oxygen atoms in total. The topological polar surface area (TPSA) is 78.9 Å². The van der Waals surface area contributed by atoms with Gasteiger partial charge in [0, 0.05) is 19.3 Å². The number of esters is 3. The Kier molecular flexibility index (Phi) is 61.2. The van der Waals surface area contributed by atoms with Crippen molar-refractivity contribution in [1.29, 1.82) is 0 Å². The maximum atomic E-state index is 12.9. The van der Waals surface area contributed by atoms with Gasteiger partial charge in [-0.3, -0.25) is 14.4 Å². The summed E-state index contributed by atoms with van der Waals surface area (Å²) in [6.45, 7) is 6.54. The fourth-order valence-corrected chi connectivity index (χ4v) is 9.61. The van der Waals surface area contributed by atoms with Gasteiger partial charge in [-0.1, -0.05) is 300 Å². The molecule has 1 unspecified atom stereocenters. The van der Waals surface area contributed by atoms with Crippen LogP contribution in [0.4, 0.5) is 0 Å². The van der Waals surface area contributed by atoms with Crippen molar-refractivity contribution in [1.82, 2.24) is 0 Å². The highest BCUT2D eigenvalue weighted by molar-refractivity contribution is 5.71. The second kappa shape index (κ2) is 63.6. The fraction of sp³-hybridized carbons (Fsp3) is 0.812. The highest BCUT2D eigenvalue weighted by Gasteiger charge is 2.19. The highest BCUT2D eigenvalue weighted by Crippen LogP contribution is 2.17. The van der Waals surface area contributed by atoms with Gasteiger partial charge < -0.3 is 14.2 Å². The quantitative estimate of drug-likeness (QED) is 0.0261. The molecule has 0 aromatic heterocycles. The third kappa shape index (κ3) is 61.8. The van der Waals surface area contributed by atoms with Gasteiger partial charge in [0.25, 0.3) is 0 Å². The molecule has 0 heterocycles. The van der Waals surface area contributed by atoms with Crippen molar-refractivity contribution < 1.29 is 28.6 Å². The van der Waals surface area contributed by atoms with E-state index in [1.165, 1.54) is 212 Å². The molecule has 1 atom stereocenters. The zero-order valence-corrected chi connectivity index (χ0v) is 50.1. The molecule has 0 saturated heterocycles. The van der Waals surface area contributed by atoms with Crippen LogP contribution in [0.1, 0.15) is 342 Å². The van der Waals surface area contributed by atoms with Crippen molar-refractivity contribution in [2.45, 2.75) is 348 Å². The number of carbonyl (C=O) groups is 3. The molecule has 0 aromatic rings. The molecule has 75 heavy (non-hydrogen) atoms. The molecule has 0 amide bonds. The summed E-state index contributed by atoms with van der Waals surface area (Å²) >= 11 is 0. The van der Waals surface area contributed by atoms with Gasteiger partial charge in [-0.05, 0) is 83.5 Å². The SMILES string of the molecule is CC/C=C\C/C=C\C/C=C\CCCCCC(=O)OCC(COC(=O)CCCCCCCCCCCCC/C=C\C/C=C\CCCCCCC)OC(=O)CCCCCCCCCCCCCCCCCCCCCCC. The van der Waals surface area contributed by atoms with E-state index in [-0.39, 0.29) is 31.1 Å². The summed E-state index contributed by atoms with van der Waals surface area (Å²) in [5.74, 6) is -0.894. The molecule has 0 aliphatic heterocycles. The van der Waals surface area contributed by atoms with Crippen molar-refractivity contribution in [3.05, 3.63) is 60.8 Å². The Hall–Kier alpha value is -2.89. The van der Waals surface area contributed by atoms with E-state index in [1.54, 1.807) is 0 Å². The van der Waals surface area contributed by atoms with Crippen LogP contribution in [-0.2, 0) is 28.6 Å². The van der Waals surface area contributed by atoms with Crippen LogP contribution in [0.2, 0.25) is 0 Å². The van der Waals surface area contributed by atoms with E-state index in [9.17, 15) is 14.4 Å². The van der Waals surface area contributed by atoms with Crippen LogP contribution in [0.5, 0.6) is 0 Å². The molecular formula is C69H124O6. The maximum Gasteiger partial charge on any atom is 0.306 e. The summed E-state index contributed by atoms with van der Waals surface area (Å²) in [7, 11) is 0. The number of rotatable bonds is 60. The first-order valence-corrected chi connectivity index (χ1v) is 32.8. The summed E-state index contributed by atoms with van der Waals surface area (Å²) in [6.07, 6.45) is 81.0. The standard InChI is InChI=1S/C69H124O6/c1-4-7-10-13-16-19-22-25-27-29-31-33-34-36-37-39-41-44-47-50-53-56-59-62-68(71)74-65-66(64-73-67(70)61-58-55-52-49-46-43-24-21-18-15-12-9-6-3)75-69(72)63-60-57-54-51-48-45-42-40-38-35-32-30-28-26-23-20-17-14-11-8-5-2/h9,12,18,21-22,25,29,31,43,46,66H,4-8,10-11,13-17,19-20,23-24,26-28,30,32-42,44-45,47-65H2,1-3H3/b12-9-,21-18-,25-22-,31-29-,46-43-. The van der Waals surface area contributed by atoms with E-state index in [0.29, 0.717) is 19.3 Å². The third-order valence-electron chi connectivity index (χ3n) is 14.5. The maximum absolute atomic E-state index is 12.9. The molecule has 6 heteroatoms. The Morgan fingerprint density at radius 2 is 0.520 bits per heavy atom. The van der Waals surface area contributed by atoms with Crippen LogP contribution in [0.25, 0.3) is 0 Å². The highest BCUT2D eigenvalue weighted by atomic mass is 16.6. The summed E-state index contributed by atoms with van der Waals surface area (Å²) in [5, 5.41) is 0. The van der Waals surface area contributed by atoms with Gasteiger partial charge in [0.05, 0.1) is 0 Å². The Bertz CT molecular complexity index is 1340. The van der Waals surface area contributed by atoms with Crippen LogP contribution in [0.15, 0.2) is 60.8 Å². The van der Waals surface area contributed by atoms with Crippen molar-refractivity contribution in [3.63, 3.8) is 0 Å². The summed E-state index contributed by atoms with van der Waals surface area (Å²) in [6, 6.07) is 0. The number of hydrogen-bond donors (Lipinski definition) is 0. The first-order valence-electron chi connectivity index (χ1n) is 32.8. The number of allylic oxidation sites excluding steroid dienone is 10. The predicted octanol–water partition coefficient (Wildman–Crippen LogP) is 22.3. The minimum Gasteiger partial charge on any atom is -0.462 e. The van der Waals surface area contributed by atoms with Crippen LogP contribution in [0, 0.1) is 0 Å². The molecule has 0 N–H and O–H groups in total. The van der Waals surface area contributed by atoms with E-state index in [0.717, 1.165) is 89.9 Å². The number of carbonyl (C=O) groups excluding carboxylic acids is 3. The predicted molar refractivity (Wildman–Crippen MR) is 325 cm³/mol. The van der Waals surface area contributed by atoms with Crippen molar-refractivity contribution >= 4 is 17.9 Å². The van der Waals surface area contributed by atoms with Crippen LogP contribution in [-0.4, -0.2) is 37.2 Å². The normalized spacial score (nSPS) is 12.4. The summed E-state index contributed by atoms with van der Waals surface area (Å²) in [4.78, 5) is 38.3. The van der Waals surface area contributed by atoms with Crippen LogP contribution < -0.4 is 0 Å². The Labute approximate surface area is 466 Å². The van der Waals surface area contributed by atoms with Gasteiger partial charge in [0.2, 0.25) is 0 Å². The summed E-state index contributed by atoms with van der Waals surface area (Å²) < 4.78 is 16.9. The zero-order chi connectivity index (χ0) is 54.3. The van der Waals surface area contributed by atoms with Gasteiger partial charge in [-0.25, -0.2) is 0 Å². The van der Waals surface area contributed by atoms with Gasteiger partial charge in [0.15, 0.2) is 6.10 Å². The van der Waals surface area contributed by atoms with Crippen molar-refractivity contribution in [2.24, 2.45) is 0 Å². The first kappa shape index (κ1) is 72.1. The second-order valence-electron chi connectivity index (χ2n) is 22.0. The van der Waals surface area contributed by atoms with E-state index in [4.69, 9.17) is 14.2 Å². The molecule has 0 rings (SSSR count). The van der Waals surface area contributed by atoms with E-state index in [2.05, 4.69) is 81.5 Å². The lowest BCUT2D eigenvalue weighted by atomic mass is 10.0. The average Bonchev–Trinajstić information content (AvgIpc) is 3.41. The largest absolute Gasteiger partial charge is 0.462 e. The lowest BCUT2D eigenvalue weighted by molar-refractivity contribution is -0.167. The molecule has 0 aliphatic rings. The minimum absolute atomic E-state index is 0.0816. The molecule has 0 aromatic carbocycles. The van der Waals surface area contributed by atoms with Crippen molar-refractivity contribution in [3.8, 4) is 0 Å². The van der Waals surface area contributed by atoms with Crippen molar-refractivity contribution in [2.75, 3.05) is 13.2 Å². The molecular weight excluding hydrogens is 925 g/mol. The minimum atomic E-state index is -0.786. The molecule has 436 valence electrons. The first-order chi connectivity index (χ1) is 37.0. The Morgan fingerprint density at radius 3 is 0.827 bits per heavy atom.